The summed E-state index contributed by atoms with van der Waals surface area (Å²) in [4.78, 5) is 6.31. The van der Waals surface area contributed by atoms with Crippen molar-refractivity contribution in [2.24, 2.45) is 0 Å². The summed E-state index contributed by atoms with van der Waals surface area (Å²) in [7, 11) is 0. The Morgan fingerprint density at radius 3 is 2.06 bits per heavy atom. The number of hydrogen-bond acceptors (Lipinski definition) is 2. The number of rotatable bonds is 0. The van der Waals surface area contributed by atoms with Gasteiger partial charge in [-0.3, -0.25) is 0 Å². The first-order valence-corrected chi connectivity index (χ1v) is 5.68. The molecule has 3 rings (SSSR count). The van der Waals surface area contributed by atoms with E-state index in [1.165, 1.54) is 25.7 Å². The van der Waals surface area contributed by atoms with Gasteiger partial charge in [0.25, 0.3) is 0 Å². The molecule has 1 aliphatic carbocycles. The van der Waals surface area contributed by atoms with E-state index in [1.807, 2.05) is 0 Å². The van der Waals surface area contributed by atoms with Gasteiger partial charge in [-0.25, -0.2) is 4.98 Å². The summed E-state index contributed by atoms with van der Waals surface area (Å²) in [6.45, 7) is 0. The van der Waals surface area contributed by atoms with Gasteiger partial charge in [0, 0.05) is 12.4 Å². The summed E-state index contributed by atoms with van der Waals surface area (Å²) in [6.07, 6.45) is 8.66. The summed E-state index contributed by atoms with van der Waals surface area (Å²) in [5.74, 6) is 0.468. The molecule has 0 spiro atoms. The van der Waals surface area contributed by atoms with Crippen LogP contribution in [0.4, 0.5) is 5.95 Å². The van der Waals surface area contributed by atoms with Crippen LogP contribution >= 0.6 is 0 Å². The van der Waals surface area contributed by atoms with Crippen LogP contribution in [-0.4, -0.2) is 9.97 Å². The second-order valence-corrected chi connectivity index (χ2v) is 3.95. The van der Waals surface area contributed by atoms with E-state index in [0.717, 1.165) is 0 Å². The van der Waals surface area contributed by atoms with Gasteiger partial charge >= 0.3 is 0 Å². The molecular formula is C13H17N3. The van der Waals surface area contributed by atoms with E-state index in [0.29, 0.717) is 5.95 Å². The molecule has 1 aliphatic rings. The average Bonchev–Trinajstić information content (AvgIpc) is 2.81. The molecule has 1 aromatic heterocycles. The lowest BCUT2D eigenvalue weighted by Crippen LogP contribution is -2.00. The molecule has 0 fully saturated rings. The Morgan fingerprint density at radius 1 is 1.06 bits per heavy atom. The molecule has 3 N–H and O–H groups in total. The van der Waals surface area contributed by atoms with E-state index in [1.54, 1.807) is 23.5 Å². The number of aromatic amines is 1. The Balaban J connectivity index is 0.000000138. The van der Waals surface area contributed by atoms with Crippen LogP contribution in [0.15, 0.2) is 36.7 Å². The number of nitrogens with one attached hydrogen (secondary N) is 1. The molecule has 0 atom stereocenters. The van der Waals surface area contributed by atoms with E-state index in [-0.39, 0.29) is 0 Å². The highest BCUT2D eigenvalue weighted by molar-refractivity contribution is 5.28. The van der Waals surface area contributed by atoms with Crippen LogP contribution in [0.1, 0.15) is 24.0 Å². The zero-order chi connectivity index (χ0) is 11.2. The van der Waals surface area contributed by atoms with Crippen molar-refractivity contribution in [3.05, 3.63) is 47.8 Å². The summed E-state index contributed by atoms with van der Waals surface area (Å²) in [5, 5.41) is 0. The number of H-pyrrole nitrogens is 1. The number of nitrogens with two attached hydrogens (primary N) is 1. The molecular weight excluding hydrogens is 198 g/mol. The normalized spacial score (nSPS) is 13.5. The van der Waals surface area contributed by atoms with E-state index in [4.69, 9.17) is 5.73 Å². The minimum absolute atomic E-state index is 0.468. The fourth-order valence-corrected chi connectivity index (χ4v) is 1.95. The number of fused-ring (bicyclic) bond motifs is 1. The Morgan fingerprint density at radius 2 is 1.69 bits per heavy atom. The maximum Gasteiger partial charge on any atom is 0.197 e. The van der Waals surface area contributed by atoms with Crippen molar-refractivity contribution in [3.63, 3.8) is 0 Å². The second-order valence-electron chi connectivity index (χ2n) is 3.95. The Kier molecular flexibility index (Phi) is 3.59. The zero-order valence-electron chi connectivity index (χ0n) is 9.32. The third-order valence-corrected chi connectivity index (χ3v) is 2.78. The third-order valence-electron chi connectivity index (χ3n) is 2.78. The highest BCUT2D eigenvalue weighted by Gasteiger charge is 2.05. The maximum atomic E-state index is 5.11. The van der Waals surface area contributed by atoms with Crippen molar-refractivity contribution in [2.75, 3.05) is 5.73 Å². The Bertz CT molecular complexity index is 396. The summed E-state index contributed by atoms with van der Waals surface area (Å²) < 4.78 is 0. The van der Waals surface area contributed by atoms with Crippen molar-refractivity contribution < 1.29 is 0 Å². The summed E-state index contributed by atoms with van der Waals surface area (Å²) in [5.41, 5.74) is 8.27. The van der Waals surface area contributed by atoms with Gasteiger partial charge in [0.05, 0.1) is 0 Å². The molecule has 0 bridgehead atoms. The quantitative estimate of drug-likeness (QED) is 0.709. The maximum absolute atomic E-state index is 5.11. The first kappa shape index (κ1) is 10.7. The van der Waals surface area contributed by atoms with E-state index >= 15 is 0 Å². The molecule has 0 unspecified atom stereocenters. The number of nitrogens with zero attached hydrogens (tertiary/aromatic N) is 1. The molecule has 3 heteroatoms. The first-order chi connectivity index (χ1) is 7.86. The van der Waals surface area contributed by atoms with Crippen LogP contribution in [0.5, 0.6) is 0 Å². The van der Waals surface area contributed by atoms with Crippen molar-refractivity contribution in [3.8, 4) is 0 Å². The standard InChI is InChI=1S/C10H12.C3H5N3/c1-2-6-10-8-4-3-7-9(10)5-1;4-3-5-1-2-6-3/h1-2,5-6H,3-4,7-8H2;1-2H,(H3,4,5,6). The predicted octanol–water partition coefficient (Wildman–Crippen LogP) is 2.56. The van der Waals surface area contributed by atoms with Crippen LogP contribution in [0.2, 0.25) is 0 Å². The molecule has 0 aliphatic heterocycles. The number of imidazole rings is 1. The molecule has 0 amide bonds. The number of aryl methyl sites for hydroxylation is 2. The first-order valence-electron chi connectivity index (χ1n) is 5.68. The lowest BCUT2D eigenvalue weighted by Gasteiger charge is -2.13. The lowest BCUT2D eigenvalue weighted by molar-refractivity contribution is 0.685. The van der Waals surface area contributed by atoms with Crippen LogP contribution < -0.4 is 5.73 Å². The van der Waals surface area contributed by atoms with Crippen LogP contribution in [0.25, 0.3) is 0 Å². The molecule has 16 heavy (non-hydrogen) atoms. The average molecular weight is 215 g/mol. The van der Waals surface area contributed by atoms with Gasteiger partial charge in [0.2, 0.25) is 0 Å². The summed E-state index contributed by atoms with van der Waals surface area (Å²) in [6, 6.07) is 8.80. The SMILES string of the molecule is Nc1ncc[nH]1.c1ccc2c(c1)CCCC2. The third kappa shape index (κ3) is 2.86. The van der Waals surface area contributed by atoms with Gasteiger partial charge in [-0.1, -0.05) is 24.3 Å². The molecule has 3 nitrogen and oxygen atoms in total. The van der Waals surface area contributed by atoms with Gasteiger partial charge in [0.1, 0.15) is 0 Å². The predicted molar refractivity (Wildman–Crippen MR) is 66.1 cm³/mol. The second kappa shape index (κ2) is 5.35. The molecule has 0 saturated heterocycles. The highest BCUT2D eigenvalue weighted by atomic mass is 15.0. The monoisotopic (exact) mass is 215 g/mol. The van der Waals surface area contributed by atoms with Crippen LogP contribution in [0.3, 0.4) is 0 Å². The highest BCUT2D eigenvalue weighted by Crippen LogP contribution is 2.19. The Hall–Kier alpha value is -1.77. The van der Waals surface area contributed by atoms with Crippen LogP contribution in [-0.2, 0) is 12.8 Å². The number of aromatic nitrogens is 2. The molecule has 2 aromatic rings. The van der Waals surface area contributed by atoms with Crippen molar-refractivity contribution in [2.45, 2.75) is 25.7 Å². The van der Waals surface area contributed by atoms with Crippen LogP contribution in [0, 0.1) is 0 Å². The largest absolute Gasteiger partial charge is 0.369 e. The zero-order valence-corrected chi connectivity index (χ0v) is 9.32. The molecule has 0 saturated carbocycles. The number of hydrogen-bond donors (Lipinski definition) is 2. The minimum Gasteiger partial charge on any atom is -0.369 e. The topological polar surface area (TPSA) is 54.7 Å². The molecule has 1 heterocycles. The fourth-order valence-electron chi connectivity index (χ4n) is 1.95. The Labute approximate surface area is 95.7 Å². The van der Waals surface area contributed by atoms with Crippen molar-refractivity contribution >= 4 is 5.95 Å². The van der Waals surface area contributed by atoms with Gasteiger partial charge in [0.15, 0.2) is 5.95 Å². The molecule has 0 radical (unpaired) electrons. The van der Waals surface area contributed by atoms with E-state index in [9.17, 15) is 0 Å². The van der Waals surface area contributed by atoms with Gasteiger partial charge in [-0.2, -0.15) is 0 Å². The molecule has 1 aromatic carbocycles. The smallest absolute Gasteiger partial charge is 0.197 e. The van der Waals surface area contributed by atoms with Gasteiger partial charge < -0.3 is 10.7 Å². The van der Waals surface area contributed by atoms with E-state index in [2.05, 4.69) is 34.2 Å². The van der Waals surface area contributed by atoms with Gasteiger partial charge in [-0.15, -0.1) is 0 Å². The number of anilines is 1. The minimum atomic E-state index is 0.468. The van der Waals surface area contributed by atoms with E-state index < -0.39 is 0 Å². The number of nitrogen functional groups attached to an aromatic ring is 1. The lowest BCUT2D eigenvalue weighted by atomic mass is 9.92. The van der Waals surface area contributed by atoms with Crippen molar-refractivity contribution in [1.29, 1.82) is 0 Å². The van der Waals surface area contributed by atoms with Gasteiger partial charge in [-0.05, 0) is 36.8 Å². The van der Waals surface area contributed by atoms with Crippen molar-refractivity contribution in [1.82, 2.24) is 9.97 Å². The number of benzene rings is 1. The fraction of sp³-hybridized carbons (Fsp3) is 0.308. The molecule has 84 valence electrons. The summed E-state index contributed by atoms with van der Waals surface area (Å²) >= 11 is 0.